The summed E-state index contributed by atoms with van der Waals surface area (Å²) in [6.45, 7) is 2.90. The second-order valence-corrected chi connectivity index (χ2v) is 4.93. The van der Waals surface area contributed by atoms with Gasteiger partial charge in [-0.1, -0.05) is 24.9 Å². The molecule has 0 unspecified atom stereocenters. The SMILES string of the molecule is CCCCN(C)C(=O)c1cc2cc(Cl)ccc2[nH]1. The molecular formula is C14H17ClN2O. The summed E-state index contributed by atoms with van der Waals surface area (Å²) in [5.41, 5.74) is 1.55. The lowest BCUT2D eigenvalue weighted by atomic mass is 10.2. The van der Waals surface area contributed by atoms with Crippen LogP contribution < -0.4 is 0 Å². The minimum absolute atomic E-state index is 0.0239. The van der Waals surface area contributed by atoms with Gasteiger partial charge in [-0.3, -0.25) is 4.79 Å². The van der Waals surface area contributed by atoms with Crippen molar-refractivity contribution in [1.29, 1.82) is 0 Å². The number of rotatable bonds is 4. The first-order valence-corrected chi connectivity index (χ1v) is 6.53. The lowest BCUT2D eigenvalue weighted by Gasteiger charge is -2.15. The Morgan fingerprint density at radius 1 is 1.39 bits per heavy atom. The summed E-state index contributed by atoms with van der Waals surface area (Å²) < 4.78 is 0. The molecule has 96 valence electrons. The minimum Gasteiger partial charge on any atom is -0.351 e. The number of benzene rings is 1. The molecule has 4 heteroatoms. The number of nitrogens with one attached hydrogen (secondary N) is 1. The van der Waals surface area contributed by atoms with Crippen LogP contribution in [0.3, 0.4) is 0 Å². The van der Waals surface area contributed by atoms with Gasteiger partial charge < -0.3 is 9.88 Å². The molecule has 1 heterocycles. The van der Waals surface area contributed by atoms with Crippen LogP contribution in [0.1, 0.15) is 30.3 Å². The number of carbonyl (C=O) groups excluding carboxylic acids is 1. The summed E-state index contributed by atoms with van der Waals surface area (Å²) in [5, 5.41) is 1.65. The zero-order valence-electron chi connectivity index (χ0n) is 10.7. The van der Waals surface area contributed by atoms with Gasteiger partial charge in [0.15, 0.2) is 0 Å². The van der Waals surface area contributed by atoms with E-state index in [0.29, 0.717) is 10.7 Å². The summed E-state index contributed by atoms with van der Waals surface area (Å²) in [6, 6.07) is 7.41. The van der Waals surface area contributed by atoms with Gasteiger partial charge in [-0.05, 0) is 30.7 Å². The van der Waals surface area contributed by atoms with Crippen molar-refractivity contribution in [3.05, 3.63) is 35.0 Å². The van der Waals surface area contributed by atoms with Crippen LogP contribution in [0.2, 0.25) is 5.02 Å². The zero-order valence-corrected chi connectivity index (χ0v) is 11.4. The van der Waals surface area contributed by atoms with Crippen LogP contribution in [0, 0.1) is 0 Å². The monoisotopic (exact) mass is 264 g/mol. The number of aromatic nitrogens is 1. The van der Waals surface area contributed by atoms with Gasteiger partial charge in [0.25, 0.3) is 5.91 Å². The van der Waals surface area contributed by atoms with Crippen LogP contribution in [0.25, 0.3) is 10.9 Å². The molecule has 0 spiro atoms. The van der Waals surface area contributed by atoms with Crippen molar-refractivity contribution >= 4 is 28.4 Å². The number of carbonyl (C=O) groups is 1. The van der Waals surface area contributed by atoms with Crippen molar-refractivity contribution in [2.75, 3.05) is 13.6 Å². The van der Waals surface area contributed by atoms with Crippen molar-refractivity contribution < 1.29 is 4.79 Å². The Morgan fingerprint density at radius 3 is 2.89 bits per heavy atom. The number of hydrogen-bond acceptors (Lipinski definition) is 1. The Balaban J connectivity index is 2.22. The van der Waals surface area contributed by atoms with E-state index in [9.17, 15) is 4.79 Å². The van der Waals surface area contributed by atoms with E-state index in [4.69, 9.17) is 11.6 Å². The summed E-state index contributed by atoms with van der Waals surface area (Å²) in [5.74, 6) is 0.0239. The maximum atomic E-state index is 12.2. The summed E-state index contributed by atoms with van der Waals surface area (Å²) in [6.07, 6.45) is 2.11. The highest BCUT2D eigenvalue weighted by molar-refractivity contribution is 6.31. The van der Waals surface area contributed by atoms with Gasteiger partial charge in [0.2, 0.25) is 0 Å². The Hall–Kier alpha value is -1.48. The molecule has 1 N–H and O–H groups in total. The molecule has 0 aliphatic heterocycles. The summed E-state index contributed by atoms with van der Waals surface area (Å²) in [7, 11) is 1.83. The van der Waals surface area contributed by atoms with Gasteiger partial charge in [0, 0.05) is 29.5 Å². The Labute approximate surface area is 112 Å². The van der Waals surface area contributed by atoms with Crippen molar-refractivity contribution in [3.63, 3.8) is 0 Å². The van der Waals surface area contributed by atoms with Crippen molar-refractivity contribution in [3.8, 4) is 0 Å². The average molecular weight is 265 g/mol. The van der Waals surface area contributed by atoms with E-state index in [1.165, 1.54) is 0 Å². The van der Waals surface area contributed by atoms with E-state index >= 15 is 0 Å². The second kappa shape index (κ2) is 5.44. The van der Waals surface area contributed by atoms with Crippen LogP contribution in [-0.2, 0) is 0 Å². The summed E-state index contributed by atoms with van der Waals surface area (Å²) in [4.78, 5) is 17.0. The van der Waals surface area contributed by atoms with Gasteiger partial charge in [-0.15, -0.1) is 0 Å². The van der Waals surface area contributed by atoms with Crippen LogP contribution in [0.15, 0.2) is 24.3 Å². The van der Waals surface area contributed by atoms with Crippen LogP contribution in [0.5, 0.6) is 0 Å². The predicted octanol–water partition coefficient (Wildman–Crippen LogP) is 3.69. The predicted molar refractivity (Wildman–Crippen MR) is 75.2 cm³/mol. The largest absolute Gasteiger partial charge is 0.351 e. The Kier molecular flexibility index (Phi) is 3.92. The summed E-state index contributed by atoms with van der Waals surface area (Å²) >= 11 is 5.93. The molecule has 0 fully saturated rings. The third kappa shape index (κ3) is 2.67. The van der Waals surface area contributed by atoms with E-state index < -0.39 is 0 Å². The first-order valence-electron chi connectivity index (χ1n) is 6.15. The first-order chi connectivity index (χ1) is 8.61. The van der Waals surface area contributed by atoms with Crippen molar-refractivity contribution in [2.24, 2.45) is 0 Å². The van der Waals surface area contributed by atoms with E-state index in [1.54, 1.807) is 4.90 Å². The first kappa shape index (κ1) is 13.0. The number of H-pyrrole nitrogens is 1. The van der Waals surface area contributed by atoms with E-state index in [-0.39, 0.29) is 5.91 Å². The molecule has 1 aromatic heterocycles. The lowest BCUT2D eigenvalue weighted by molar-refractivity contribution is 0.0788. The lowest BCUT2D eigenvalue weighted by Crippen LogP contribution is -2.27. The number of amides is 1. The maximum absolute atomic E-state index is 12.2. The highest BCUT2D eigenvalue weighted by Crippen LogP contribution is 2.20. The topological polar surface area (TPSA) is 36.1 Å². The molecule has 0 bridgehead atoms. The fourth-order valence-electron chi connectivity index (χ4n) is 1.92. The Morgan fingerprint density at radius 2 is 2.17 bits per heavy atom. The average Bonchev–Trinajstić information content (AvgIpc) is 2.77. The molecular weight excluding hydrogens is 248 g/mol. The molecule has 3 nitrogen and oxygen atoms in total. The Bertz CT molecular complexity index is 562. The van der Waals surface area contributed by atoms with E-state index in [2.05, 4.69) is 11.9 Å². The molecule has 0 aliphatic carbocycles. The van der Waals surface area contributed by atoms with Gasteiger partial charge in [-0.25, -0.2) is 0 Å². The van der Waals surface area contributed by atoms with Crippen LogP contribution >= 0.6 is 11.6 Å². The molecule has 2 rings (SSSR count). The molecule has 0 radical (unpaired) electrons. The minimum atomic E-state index is 0.0239. The molecule has 1 amide bonds. The molecule has 18 heavy (non-hydrogen) atoms. The number of halogens is 1. The second-order valence-electron chi connectivity index (χ2n) is 4.49. The van der Waals surface area contributed by atoms with Gasteiger partial charge >= 0.3 is 0 Å². The zero-order chi connectivity index (χ0) is 13.1. The maximum Gasteiger partial charge on any atom is 0.270 e. The van der Waals surface area contributed by atoms with Gasteiger partial charge in [0.1, 0.15) is 5.69 Å². The van der Waals surface area contributed by atoms with Crippen LogP contribution in [0.4, 0.5) is 0 Å². The standard InChI is InChI=1S/C14H17ClN2O/c1-3-4-7-17(2)14(18)13-9-10-8-11(15)5-6-12(10)16-13/h5-6,8-9,16H,3-4,7H2,1-2H3. The highest BCUT2D eigenvalue weighted by Gasteiger charge is 2.13. The van der Waals surface area contributed by atoms with Crippen molar-refractivity contribution in [2.45, 2.75) is 19.8 Å². The van der Waals surface area contributed by atoms with Crippen molar-refractivity contribution in [1.82, 2.24) is 9.88 Å². The number of aromatic amines is 1. The van der Waals surface area contributed by atoms with Crippen LogP contribution in [-0.4, -0.2) is 29.4 Å². The smallest absolute Gasteiger partial charge is 0.270 e. The van der Waals surface area contributed by atoms with E-state index in [1.807, 2.05) is 31.3 Å². The number of hydrogen-bond donors (Lipinski definition) is 1. The number of unbranched alkanes of at least 4 members (excludes halogenated alkanes) is 1. The molecule has 0 aliphatic rings. The molecule has 1 aromatic carbocycles. The third-order valence-electron chi connectivity index (χ3n) is 3.01. The quantitative estimate of drug-likeness (QED) is 0.898. The molecule has 0 saturated heterocycles. The number of fused-ring (bicyclic) bond motifs is 1. The number of nitrogens with zero attached hydrogens (tertiary/aromatic N) is 1. The molecule has 2 aromatic rings. The fourth-order valence-corrected chi connectivity index (χ4v) is 2.10. The third-order valence-corrected chi connectivity index (χ3v) is 3.24. The van der Waals surface area contributed by atoms with E-state index in [0.717, 1.165) is 30.3 Å². The highest BCUT2D eigenvalue weighted by atomic mass is 35.5. The normalized spacial score (nSPS) is 10.8. The van der Waals surface area contributed by atoms with Gasteiger partial charge in [-0.2, -0.15) is 0 Å². The fraction of sp³-hybridized carbons (Fsp3) is 0.357. The molecule has 0 saturated carbocycles. The van der Waals surface area contributed by atoms with Gasteiger partial charge in [0.05, 0.1) is 0 Å². The molecule has 0 atom stereocenters.